The van der Waals surface area contributed by atoms with Crippen LogP contribution in [0.2, 0.25) is 0 Å². The minimum atomic E-state index is -3.76. The molecule has 3 nitrogen and oxygen atoms in total. The fourth-order valence-corrected chi connectivity index (χ4v) is 5.26. The van der Waals surface area contributed by atoms with E-state index in [2.05, 4.69) is 0 Å². The van der Waals surface area contributed by atoms with Gasteiger partial charge in [-0.15, -0.1) is 0 Å². The maximum atomic E-state index is 12.3. The summed E-state index contributed by atoms with van der Waals surface area (Å²) < 4.78 is 22.9. The van der Waals surface area contributed by atoms with Gasteiger partial charge in [0.1, 0.15) is 0 Å². The second-order valence-electron chi connectivity index (χ2n) is 4.14. The van der Waals surface area contributed by atoms with E-state index in [1.54, 1.807) is 12.1 Å². The Labute approximate surface area is 117 Å². The van der Waals surface area contributed by atoms with Crippen molar-refractivity contribution >= 4 is 33.4 Å². The van der Waals surface area contributed by atoms with Gasteiger partial charge in [-0.2, -0.15) is 11.8 Å². The summed E-state index contributed by atoms with van der Waals surface area (Å²) in [5.41, 5.74) is 0.985. The fraction of sp³-hybridized carbons (Fsp3) is 0.500. The predicted molar refractivity (Wildman–Crippen MR) is 79.6 cm³/mol. The normalized spacial score (nSPS) is 17.2. The molecular formula is C12H18O3S3. The molecule has 1 aromatic rings. The Bertz CT molecular complexity index is 492. The van der Waals surface area contributed by atoms with Crippen molar-refractivity contribution in [1.82, 2.24) is 0 Å². The molecule has 1 N–H and O–H groups in total. The van der Waals surface area contributed by atoms with Crippen molar-refractivity contribution < 1.29 is 13.5 Å². The molecule has 0 aromatic heterocycles. The topological polar surface area (TPSA) is 54.4 Å². The van der Waals surface area contributed by atoms with Gasteiger partial charge in [-0.3, -0.25) is 0 Å². The average Bonchev–Trinajstić information content (AvgIpc) is 2.28. The lowest BCUT2D eigenvalue weighted by atomic mass is 10.2. The Hall–Kier alpha value is -0.170. The average molecular weight is 306 g/mol. The molecule has 0 amide bonds. The van der Waals surface area contributed by atoms with Crippen LogP contribution in [-0.2, 0) is 9.84 Å². The van der Waals surface area contributed by atoms with Gasteiger partial charge in [-0.05, 0) is 39.2 Å². The van der Waals surface area contributed by atoms with Crippen LogP contribution in [0.1, 0.15) is 19.4 Å². The molecule has 0 saturated carbocycles. The van der Waals surface area contributed by atoms with Crippen LogP contribution in [-0.4, -0.2) is 28.6 Å². The lowest BCUT2D eigenvalue weighted by Gasteiger charge is -2.25. The smallest absolute Gasteiger partial charge is 0.217 e. The highest BCUT2D eigenvalue weighted by atomic mass is 32.3. The molecule has 0 aliphatic carbocycles. The second-order valence-corrected chi connectivity index (χ2v) is 9.88. The Morgan fingerprint density at radius 2 is 1.78 bits per heavy atom. The van der Waals surface area contributed by atoms with Crippen LogP contribution < -0.4 is 0 Å². The number of rotatable bonds is 5. The van der Waals surface area contributed by atoms with Crippen molar-refractivity contribution in [2.75, 3.05) is 6.26 Å². The number of aryl methyl sites for hydroxylation is 1. The molecule has 0 fully saturated rings. The zero-order valence-electron chi connectivity index (χ0n) is 10.9. The van der Waals surface area contributed by atoms with Crippen LogP contribution in [0.3, 0.4) is 0 Å². The molecule has 0 aliphatic rings. The monoisotopic (exact) mass is 306 g/mol. The summed E-state index contributed by atoms with van der Waals surface area (Å²) in [5.74, 6) is 0. The first-order chi connectivity index (χ1) is 8.20. The lowest BCUT2D eigenvalue weighted by Crippen LogP contribution is -2.32. The number of hydrogen-bond acceptors (Lipinski definition) is 5. The van der Waals surface area contributed by atoms with Crippen LogP contribution in [0.15, 0.2) is 29.2 Å². The van der Waals surface area contributed by atoms with E-state index in [9.17, 15) is 13.5 Å². The van der Waals surface area contributed by atoms with Crippen molar-refractivity contribution in [1.29, 1.82) is 0 Å². The molecule has 0 aliphatic heterocycles. The Morgan fingerprint density at radius 1 is 1.28 bits per heavy atom. The lowest BCUT2D eigenvalue weighted by molar-refractivity contribution is 0.236. The third-order valence-electron chi connectivity index (χ3n) is 2.55. The summed E-state index contributed by atoms with van der Waals surface area (Å²) in [6.07, 6.45) is 1.88. The number of thioether (sulfide) groups is 2. The van der Waals surface area contributed by atoms with Gasteiger partial charge < -0.3 is 5.11 Å². The van der Waals surface area contributed by atoms with E-state index in [-0.39, 0.29) is 9.48 Å². The van der Waals surface area contributed by atoms with Crippen LogP contribution in [0.4, 0.5) is 0 Å². The number of aliphatic hydroxyl groups is 1. The highest BCUT2D eigenvalue weighted by molar-refractivity contribution is 8.22. The molecule has 18 heavy (non-hydrogen) atoms. The van der Waals surface area contributed by atoms with Gasteiger partial charge in [0.2, 0.25) is 14.1 Å². The minimum absolute atomic E-state index is 0.000207. The fourth-order valence-electron chi connectivity index (χ4n) is 1.36. The van der Waals surface area contributed by atoms with E-state index >= 15 is 0 Å². The highest BCUT2D eigenvalue weighted by Gasteiger charge is 2.40. The molecule has 1 aromatic carbocycles. The molecular weight excluding hydrogens is 288 g/mol. The van der Waals surface area contributed by atoms with E-state index in [1.165, 1.54) is 30.8 Å². The van der Waals surface area contributed by atoms with Crippen LogP contribution in [0.5, 0.6) is 0 Å². The van der Waals surface area contributed by atoms with Gasteiger partial charge >= 0.3 is 0 Å². The molecule has 0 radical (unpaired) electrons. The van der Waals surface area contributed by atoms with E-state index in [4.69, 9.17) is 0 Å². The SMILES string of the molecule is CSC(C)SC(C)(O)S(=O)(=O)c1ccc(C)cc1. The summed E-state index contributed by atoms with van der Waals surface area (Å²) in [6, 6.07) is 6.52. The number of hydrogen-bond donors (Lipinski definition) is 1. The van der Waals surface area contributed by atoms with Crippen molar-refractivity contribution in [2.45, 2.75) is 34.5 Å². The third-order valence-corrected chi connectivity index (χ3v) is 7.68. The van der Waals surface area contributed by atoms with Gasteiger partial charge in [0, 0.05) is 0 Å². The van der Waals surface area contributed by atoms with Crippen molar-refractivity contribution in [3.8, 4) is 0 Å². The molecule has 102 valence electrons. The largest absolute Gasteiger partial charge is 0.366 e. The summed E-state index contributed by atoms with van der Waals surface area (Å²) in [4.78, 5) is 0.152. The number of benzene rings is 1. The van der Waals surface area contributed by atoms with Crippen LogP contribution in [0.25, 0.3) is 0 Å². The number of sulfone groups is 1. The summed E-state index contributed by atoms with van der Waals surface area (Å²) in [7, 11) is -3.76. The second kappa shape index (κ2) is 5.86. The Kier molecular flexibility index (Phi) is 5.17. The Morgan fingerprint density at radius 3 is 2.22 bits per heavy atom. The van der Waals surface area contributed by atoms with Gasteiger partial charge in [0.05, 0.1) is 9.48 Å². The molecule has 6 heteroatoms. The van der Waals surface area contributed by atoms with Crippen molar-refractivity contribution in [2.24, 2.45) is 0 Å². The van der Waals surface area contributed by atoms with Crippen LogP contribution >= 0.6 is 23.5 Å². The zero-order chi connectivity index (χ0) is 14.0. The van der Waals surface area contributed by atoms with Crippen LogP contribution in [0, 0.1) is 6.92 Å². The van der Waals surface area contributed by atoms with Gasteiger partial charge in [-0.1, -0.05) is 29.5 Å². The highest BCUT2D eigenvalue weighted by Crippen LogP contribution is 2.38. The first kappa shape index (κ1) is 15.9. The Balaban J connectivity index is 3.09. The summed E-state index contributed by atoms with van der Waals surface area (Å²) in [6.45, 7) is 5.09. The zero-order valence-corrected chi connectivity index (χ0v) is 13.3. The third kappa shape index (κ3) is 3.44. The molecule has 0 heterocycles. The standard InChI is InChI=1S/C12H18O3S3/c1-9-5-7-11(8-6-9)18(14,15)12(3,13)17-10(2)16-4/h5-8,10,13H,1-4H3. The van der Waals surface area contributed by atoms with E-state index < -0.39 is 14.1 Å². The van der Waals surface area contributed by atoms with Crippen molar-refractivity contribution in [3.63, 3.8) is 0 Å². The first-order valence-corrected chi connectivity index (χ1v) is 9.10. The molecule has 2 atom stereocenters. The molecule has 0 spiro atoms. The maximum absolute atomic E-state index is 12.3. The van der Waals surface area contributed by atoms with E-state index in [0.29, 0.717) is 0 Å². The molecule has 2 unspecified atom stereocenters. The summed E-state index contributed by atoms with van der Waals surface area (Å²) >= 11 is 2.54. The minimum Gasteiger partial charge on any atom is -0.366 e. The van der Waals surface area contributed by atoms with Gasteiger partial charge in [-0.25, -0.2) is 8.42 Å². The quantitative estimate of drug-likeness (QED) is 0.848. The van der Waals surface area contributed by atoms with E-state index in [1.807, 2.05) is 20.1 Å². The predicted octanol–water partition coefficient (Wildman–Crippen LogP) is 2.88. The first-order valence-electron chi connectivity index (χ1n) is 5.45. The summed E-state index contributed by atoms with van der Waals surface area (Å²) in [5, 5.41) is 10.2. The van der Waals surface area contributed by atoms with Gasteiger partial charge in [0.15, 0.2) is 0 Å². The molecule has 0 bridgehead atoms. The van der Waals surface area contributed by atoms with Crippen molar-refractivity contribution in [3.05, 3.63) is 29.8 Å². The van der Waals surface area contributed by atoms with E-state index in [0.717, 1.165) is 17.3 Å². The maximum Gasteiger partial charge on any atom is 0.217 e. The van der Waals surface area contributed by atoms with Gasteiger partial charge in [0.25, 0.3) is 0 Å². The molecule has 1 rings (SSSR count). The molecule has 0 saturated heterocycles.